The number of aromatic nitrogens is 2. The monoisotopic (exact) mass is 279 g/mol. The maximum Gasteiger partial charge on any atom is 0.145 e. The van der Waals surface area contributed by atoms with Crippen LogP contribution < -0.4 is 21.3 Å². The zero-order valence-electron chi connectivity index (χ0n) is 10.6. The van der Waals surface area contributed by atoms with Gasteiger partial charge in [0, 0.05) is 11.8 Å². The third kappa shape index (κ3) is 3.24. The molecule has 100 valence electrons. The predicted octanol–water partition coefficient (Wildman–Crippen LogP) is 2.48. The summed E-state index contributed by atoms with van der Waals surface area (Å²) in [5.41, 5.74) is 3.28. The highest BCUT2D eigenvalue weighted by Crippen LogP contribution is 2.28. The lowest BCUT2D eigenvalue weighted by atomic mass is 10.3. The Kier molecular flexibility index (Phi) is 4.03. The lowest BCUT2D eigenvalue weighted by Crippen LogP contribution is -2.10. The molecule has 0 aliphatic heterocycles. The zero-order valence-corrected chi connectivity index (χ0v) is 11.3. The molecule has 0 radical (unpaired) electrons. The maximum atomic E-state index is 6.06. The third-order valence-electron chi connectivity index (χ3n) is 2.41. The third-order valence-corrected chi connectivity index (χ3v) is 2.71. The average molecular weight is 280 g/mol. The minimum Gasteiger partial charge on any atom is -0.495 e. The van der Waals surface area contributed by atoms with Gasteiger partial charge in [-0.3, -0.25) is 0 Å². The van der Waals surface area contributed by atoms with Crippen LogP contribution in [0.15, 0.2) is 24.3 Å². The molecule has 0 spiro atoms. The molecule has 1 heterocycles. The number of hydrazine groups is 1. The number of ether oxygens (including phenoxy) is 1. The van der Waals surface area contributed by atoms with E-state index in [0.29, 0.717) is 28.2 Å². The number of nitrogen functional groups attached to an aromatic ring is 1. The summed E-state index contributed by atoms with van der Waals surface area (Å²) in [6.07, 6.45) is 0. The van der Waals surface area contributed by atoms with E-state index in [1.54, 1.807) is 32.2 Å². The van der Waals surface area contributed by atoms with Crippen LogP contribution in [0.25, 0.3) is 0 Å². The van der Waals surface area contributed by atoms with Gasteiger partial charge in [-0.1, -0.05) is 11.6 Å². The molecule has 0 amide bonds. The van der Waals surface area contributed by atoms with Gasteiger partial charge in [0.05, 0.1) is 12.1 Å². The van der Waals surface area contributed by atoms with Crippen LogP contribution in [0.5, 0.6) is 5.75 Å². The molecule has 0 fully saturated rings. The number of nitrogens with zero attached hydrogens (tertiary/aromatic N) is 2. The van der Waals surface area contributed by atoms with Crippen molar-refractivity contribution in [1.29, 1.82) is 0 Å². The Morgan fingerprint density at radius 2 is 1.95 bits per heavy atom. The van der Waals surface area contributed by atoms with E-state index in [9.17, 15) is 0 Å². The lowest BCUT2D eigenvalue weighted by molar-refractivity contribution is 0.415. The van der Waals surface area contributed by atoms with Crippen LogP contribution in [0.3, 0.4) is 0 Å². The van der Waals surface area contributed by atoms with Gasteiger partial charge in [-0.15, -0.1) is 0 Å². The second-order valence-corrected chi connectivity index (χ2v) is 4.21. The molecule has 0 atom stereocenters. The number of hydrogen-bond donors (Lipinski definition) is 3. The first-order valence-electron chi connectivity index (χ1n) is 5.55. The van der Waals surface area contributed by atoms with Crippen molar-refractivity contribution in [2.45, 2.75) is 6.92 Å². The molecule has 2 rings (SSSR count). The average Bonchev–Trinajstić information content (AvgIpc) is 2.38. The maximum absolute atomic E-state index is 6.06. The van der Waals surface area contributed by atoms with Crippen molar-refractivity contribution in [3.63, 3.8) is 0 Å². The molecule has 2 aromatic rings. The van der Waals surface area contributed by atoms with Gasteiger partial charge in [-0.2, -0.15) is 0 Å². The number of nitrogens with two attached hydrogens (primary N) is 1. The van der Waals surface area contributed by atoms with E-state index in [1.165, 1.54) is 0 Å². The summed E-state index contributed by atoms with van der Waals surface area (Å²) in [5.74, 6) is 7.73. The van der Waals surface area contributed by atoms with Crippen molar-refractivity contribution >= 4 is 28.9 Å². The van der Waals surface area contributed by atoms with Crippen LogP contribution in [0.1, 0.15) is 5.82 Å². The SMILES string of the molecule is COc1ccc(Nc2cc(NN)nc(C)n2)cc1Cl. The van der Waals surface area contributed by atoms with Crippen molar-refractivity contribution < 1.29 is 4.74 Å². The Hall–Kier alpha value is -2.05. The van der Waals surface area contributed by atoms with Crippen molar-refractivity contribution in [2.24, 2.45) is 5.84 Å². The highest BCUT2D eigenvalue weighted by atomic mass is 35.5. The van der Waals surface area contributed by atoms with Gasteiger partial charge >= 0.3 is 0 Å². The summed E-state index contributed by atoms with van der Waals surface area (Å²) in [4.78, 5) is 8.36. The van der Waals surface area contributed by atoms with E-state index in [4.69, 9.17) is 22.2 Å². The fraction of sp³-hybridized carbons (Fsp3) is 0.167. The number of anilines is 3. The predicted molar refractivity (Wildman–Crippen MR) is 75.9 cm³/mol. The first-order chi connectivity index (χ1) is 9.12. The first kappa shape index (κ1) is 13.4. The van der Waals surface area contributed by atoms with Crippen LogP contribution in [0, 0.1) is 6.92 Å². The first-order valence-corrected chi connectivity index (χ1v) is 5.93. The van der Waals surface area contributed by atoms with Crippen molar-refractivity contribution in [2.75, 3.05) is 17.9 Å². The van der Waals surface area contributed by atoms with Crippen LogP contribution in [-0.4, -0.2) is 17.1 Å². The molecule has 7 heteroatoms. The Bertz CT molecular complexity index is 590. The summed E-state index contributed by atoms with van der Waals surface area (Å²) in [7, 11) is 1.57. The minimum absolute atomic E-state index is 0.524. The number of benzene rings is 1. The lowest BCUT2D eigenvalue weighted by Gasteiger charge is -2.10. The Morgan fingerprint density at radius 1 is 1.21 bits per heavy atom. The zero-order chi connectivity index (χ0) is 13.8. The van der Waals surface area contributed by atoms with Gasteiger partial charge in [0.25, 0.3) is 0 Å². The number of nitrogens with one attached hydrogen (secondary N) is 2. The fourth-order valence-electron chi connectivity index (χ4n) is 1.60. The number of rotatable bonds is 4. The van der Waals surface area contributed by atoms with Crippen LogP contribution in [-0.2, 0) is 0 Å². The van der Waals surface area contributed by atoms with Gasteiger partial charge < -0.3 is 15.5 Å². The van der Waals surface area contributed by atoms with E-state index in [1.807, 2.05) is 6.07 Å². The highest BCUT2D eigenvalue weighted by Gasteiger charge is 2.04. The molecule has 1 aromatic carbocycles. The van der Waals surface area contributed by atoms with Crippen LogP contribution in [0.4, 0.5) is 17.3 Å². The van der Waals surface area contributed by atoms with Gasteiger partial charge in [-0.05, 0) is 25.1 Å². The van der Waals surface area contributed by atoms with Crippen LogP contribution >= 0.6 is 11.6 Å². The standard InChI is InChI=1S/C12H14ClN5O/c1-7-15-11(6-12(16-7)18-14)17-8-3-4-10(19-2)9(13)5-8/h3-6H,14H2,1-2H3,(H2,15,16,17,18). The molecule has 19 heavy (non-hydrogen) atoms. The van der Waals surface area contributed by atoms with Gasteiger partial charge in [0.1, 0.15) is 23.2 Å². The molecule has 0 aliphatic carbocycles. The Labute approximate surface area is 115 Å². The van der Waals surface area contributed by atoms with Crippen molar-refractivity contribution in [3.8, 4) is 5.75 Å². The summed E-state index contributed by atoms with van der Waals surface area (Å²) in [5, 5.41) is 3.65. The van der Waals surface area contributed by atoms with E-state index >= 15 is 0 Å². The van der Waals surface area contributed by atoms with E-state index in [0.717, 1.165) is 5.69 Å². The second kappa shape index (κ2) is 5.73. The topological polar surface area (TPSA) is 85.1 Å². The number of halogens is 1. The molecule has 0 saturated carbocycles. The van der Waals surface area contributed by atoms with Crippen LogP contribution in [0.2, 0.25) is 5.02 Å². The van der Waals surface area contributed by atoms with Gasteiger partial charge in [0.2, 0.25) is 0 Å². The molecular formula is C12H14ClN5O. The van der Waals surface area contributed by atoms with Crippen molar-refractivity contribution in [1.82, 2.24) is 9.97 Å². The number of methoxy groups -OCH3 is 1. The number of hydrogen-bond acceptors (Lipinski definition) is 6. The fourth-order valence-corrected chi connectivity index (χ4v) is 1.86. The van der Waals surface area contributed by atoms with Gasteiger partial charge in [0.15, 0.2) is 0 Å². The Balaban J connectivity index is 2.25. The molecule has 0 unspecified atom stereocenters. The molecule has 4 N–H and O–H groups in total. The molecular weight excluding hydrogens is 266 g/mol. The molecule has 6 nitrogen and oxygen atoms in total. The van der Waals surface area contributed by atoms with E-state index in [2.05, 4.69) is 20.7 Å². The molecule has 0 aliphatic rings. The molecule has 0 saturated heterocycles. The minimum atomic E-state index is 0.524. The summed E-state index contributed by atoms with van der Waals surface area (Å²) < 4.78 is 5.09. The summed E-state index contributed by atoms with van der Waals surface area (Å²) >= 11 is 6.06. The summed E-state index contributed by atoms with van der Waals surface area (Å²) in [6, 6.07) is 7.08. The molecule has 1 aromatic heterocycles. The van der Waals surface area contributed by atoms with Gasteiger partial charge in [-0.25, -0.2) is 15.8 Å². The second-order valence-electron chi connectivity index (χ2n) is 3.80. The normalized spacial score (nSPS) is 10.1. The number of aryl methyl sites for hydroxylation is 1. The Morgan fingerprint density at radius 3 is 2.58 bits per heavy atom. The smallest absolute Gasteiger partial charge is 0.145 e. The largest absolute Gasteiger partial charge is 0.495 e. The summed E-state index contributed by atoms with van der Waals surface area (Å²) in [6.45, 7) is 1.78. The molecule has 0 bridgehead atoms. The van der Waals surface area contributed by atoms with E-state index < -0.39 is 0 Å². The highest BCUT2D eigenvalue weighted by molar-refractivity contribution is 6.32. The van der Waals surface area contributed by atoms with E-state index in [-0.39, 0.29) is 0 Å². The van der Waals surface area contributed by atoms with Crippen molar-refractivity contribution in [3.05, 3.63) is 35.1 Å². The quantitative estimate of drug-likeness (QED) is 0.589.